The second-order valence-electron chi connectivity index (χ2n) is 7.92. The van der Waals surface area contributed by atoms with E-state index in [1.807, 2.05) is 20.8 Å². The number of nitrogens with zero attached hydrogens (tertiary/aromatic N) is 3. The van der Waals surface area contributed by atoms with Crippen LogP contribution in [0.4, 0.5) is 0 Å². The predicted octanol–water partition coefficient (Wildman–Crippen LogP) is 1.69. The van der Waals surface area contributed by atoms with Crippen molar-refractivity contribution < 1.29 is 22.7 Å². The number of ether oxygens (including phenoxy) is 1. The Morgan fingerprint density at radius 2 is 2.03 bits per heavy atom. The van der Waals surface area contributed by atoms with Crippen LogP contribution in [-0.4, -0.2) is 58.1 Å². The zero-order valence-electron chi connectivity index (χ0n) is 16.5. The van der Waals surface area contributed by atoms with Gasteiger partial charge < -0.3 is 10.1 Å². The van der Waals surface area contributed by atoms with Crippen molar-refractivity contribution in [3.05, 3.63) is 18.2 Å². The first kappa shape index (κ1) is 21.6. The first-order valence-corrected chi connectivity index (χ1v) is 11.5. The normalized spacial score (nSPS) is 18.5. The molecule has 0 saturated carbocycles. The molecule has 11 heteroatoms. The zero-order valence-corrected chi connectivity index (χ0v) is 18.2. The molecular formula is C18H24N4O5S2. The van der Waals surface area contributed by atoms with Gasteiger partial charge in [0.25, 0.3) is 5.91 Å². The highest BCUT2D eigenvalue weighted by atomic mass is 32.2. The molecule has 9 nitrogen and oxygen atoms in total. The van der Waals surface area contributed by atoms with Gasteiger partial charge in [0.05, 0.1) is 11.7 Å². The van der Waals surface area contributed by atoms with E-state index >= 15 is 0 Å². The molecule has 3 rings (SSSR count). The molecule has 0 unspecified atom stereocenters. The maximum atomic E-state index is 13.3. The van der Waals surface area contributed by atoms with Gasteiger partial charge in [-0.3, -0.25) is 9.59 Å². The van der Waals surface area contributed by atoms with Crippen LogP contribution < -0.4 is 5.32 Å². The minimum Gasteiger partial charge on any atom is -0.454 e. The molecule has 1 amide bonds. The second-order valence-corrected chi connectivity index (χ2v) is 10.3. The Balaban J connectivity index is 1.79. The number of amides is 1. The largest absolute Gasteiger partial charge is 0.454 e. The summed E-state index contributed by atoms with van der Waals surface area (Å²) in [5.41, 5.74) is 0.329. The molecule has 158 valence electrons. The van der Waals surface area contributed by atoms with Crippen LogP contribution in [0.25, 0.3) is 11.0 Å². The van der Waals surface area contributed by atoms with E-state index in [4.69, 9.17) is 4.74 Å². The van der Waals surface area contributed by atoms with E-state index < -0.39 is 40.1 Å². The number of hydrogen-bond donors (Lipinski definition) is 1. The smallest absolute Gasteiger partial charge is 0.324 e. The van der Waals surface area contributed by atoms with Gasteiger partial charge in [-0.05, 0) is 52.2 Å². The number of sulfonamides is 1. The molecule has 0 bridgehead atoms. The monoisotopic (exact) mass is 440 g/mol. The molecular weight excluding hydrogens is 416 g/mol. The fraction of sp³-hybridized carbons (Fsp3) is 0.556. The minimum atomic E-state index is -3.98. The van der Waals surface area contributed by atoms with Gasteiger partial charge in [0.15, 0.2) is 6.61 Å². The van der Waals surface area contributed by atoms with E-state index in [0.29, 0.717) is 30.3 Å². The lowest BCUT2D eigenvalue weighted by atomic mass is 10.1. The summed E-state index contributed by atoms with van der Waals surface area (Å²) in [5, 5.41) is 2.70. The average Bonchev–Trinajstić information content (AvgIpc) is 3.13. The van der Waals surface area contributed by atoms with Gasteiger partial charge in [-0.15, -0.1) is 0 Å². The lowest BCUT2D eigenvalue weighted by molar-refractivity contribution is -0.153. The van der Waals surface area contributed by atoms with E-state index in [1.165, 1.54) is 6.07 Å². The van der Waals surface area contributed by atoms with E-state index in [9.17, 15) is 18.0 Å². The van der Waals surface area contributed by atoms with Crippen molar-refractivity contribution in [2.45, 2.75) is 56.5 Å². The third kappa shape index (κ3) is 4.90. The highest BCUT2D eigenvalue weighted by Gasteiger charge is 2.39. The SMILES string of the molecule is CC(C)(C)NC(=O)COC(=O)[C@H]1CCCCN1S(=O)(=O)c1cccc2nsnc12. The number of aromatic nitrogens is 2. The zero-order chi connectivity index (χ0) is 21.2. The second kappa shape index (κ2) is 8.33. The minimum absolute atomic E-state index is 0.0222. The summed E-state index contributed by atoms with van der Waals surface area (Å²) in [6.45, 7) is 5.19. The summed E-state index contributed by atoms with van der Waals surface area (Å²) < 4.78 is 41.1. The molecule has 2 heterocycles. The Kier molecular flexibility index (Phi) is 6.20. The highest BCUT2D eigenvalue weighted by molar-refractivity contribution is 7.89. The van der Waals surface area contributed by atoms with Gasteiger partial charge >= 0.3 is 5.97 Å². The van der Waals surface area contributed by atoms with Gasteiger partial charge in [-0.25, -0.2) is 8.42 Å². The average molecular weight is 441 g/mol. The lowest BCUT2D eigenvalue weighted by Gasteiger charge is -2.33. The number of rotatable bonds is 5. The molecule has 1 N–H and O–H groups in total. The number of fused-ring (bicyclic) bond motifs is 1. The van der Waals surface area contributed by atoms with Crippen molar-refractivity contribution in [3.8, 4) is 0 Å². The molecule has 1 aliphatic rings. The number of piperidine rings is 1. The van der Waals surface area contributed by atoms with E-state index in [-0.39, 0.29) is 11.4 Å². The van der Waals surface area contributed by atoms with Crippen LogP contribution in [0, 0.1) is 0 Å². The topological polar surface area (TPSA) is 119 Å². The summed E-state index contributed by atoms with van der Waals surface area (Å²) in [6, 6.07) is 3.78. The Morgan fingerprint density at radius 1 is 1.28 bits per heavy atom. The fourth-order valence-corrected chi connectivity index (χ4v) is 5.63. The maximum Gasteiger partial charge on any atom is 0.324 e. The number of carbonyl (C=O) groups excluding carboxylic acids is 2. The van der Waals surface area contributed by atoms with Crippen LogP contribution in [0.15, 0.2) is 23.1 Å². The molecule has 1 fully saturated rings. The van der Waals surface area contributed by atoms with Gasteiger partial charge in [-0.1, -0.05) is 6.07 Å². The number of esters is 1. The Morgan fingerprint density at radius 3 is 2.76 bits per heavy atom. The summed E-state index contributed by atoms with van der Waals surface area (Å²) in [6.07, 6.45) is 1.67. The first-order chi connectivity index (χ1) is 13.6. The quantitative estimate of drug-likeness (QED) is 0.703. The standard InChI is InChI=1S/C18H24N4O5S2/c1-18(2,3)19-15(23)11-27-17(24)13-8-4-5-10-22(13)29(25,26)14-9-6-7-12-16(14)21-28-20-12/h6-7,9,13H,4-5,8,10-11H2,1-3H3,(H,19,23)/t13-/m1/s1. The summed E-state index contributed by atoms with van der Waals surface area (Å²) in [5.74, 6) is -1.16. The Labute approximate surface area is 173 Å². The van der Waals surface area contributed by atoms with Crippen LogP contribution >= 0.6 is 11.7 Å². The first-order valence-electron chi connectivity index (χ1n) is 9.30. The van der Waals surface area contributed by atoms with Gasteiger partial charge in [0, 0.05) is 12.1 Å². The highest BCUT2D eigenvalue weighted by Crippen LogP contribution is 2.29. The molecule has 0 radical (unpaired) electrons. The third-order valence-corrected chi connectivity index (χ3v) is 6.90. The number of carbonyl (C=O) groups is 2. The van der Waals surface area contributed by atoms with E-state index in [0.717, 1.165) is 16.0 Å². The van der Waals surface area contributed by atoms with Crippen LogP contribution in [0.5, 0.6) is 0 Å². The fourth-order valence-electron chi connectivity index (χ4n) is 3.23. The summed E-state index contributed by atoms with van der Waals surface area (Å²) in [7, 11) is -3.98. The summed E-state index contributed by atoms with van der Waals surface area (Å²) >= 11 is 0.934. The van der Waals surface area contributed by atoms with Crippen molar-refractivity contribution in [1.82, 2.24) is 18.4 Å². The molecule has 1 atom stereocenters. The molecule has 1 aliphatic heterocycles. The lowest BCUT2D eigenvalue weighted by Crippen LogP contribution is -2.49. The van der Waals surface area contributed by atoms with Crippen molar-refractivity contribution in [2.75, 3.05) is 13.2 Å². The third-order valence-electron chi connectivity index (χ3n) is 4.42. The number of hydrogen-bond acceptors (Lipinski definition) is 8. The number of benzene rings is 1. The molecule has 1 aromatic heterocycles. The van der Waals surface area contributed by atoms with Crippen LogP contribution in [-0.2, 0) is 24.3 Å². The van der Waals surface area contributed by atoms with Crippen molar-refractivity contribution in [1.29, 1.82) is 0 Å². The molecule has 0 spiro atoms. The van der Waals surface area contributed by atoms with E-state index in [1.54, 1.807) is 12.1 Å². The van der Waals surface area contributed by atoms with Gasteiger partial charge in [0.1, 0.15) is 22.0 Å². The number of nitrogens with one attached hydrogen (secondary N) is 1. The van der Waals surface area contributed by atoms with Crippen LogP contribution in [0.1, 0.15) is 40.0 Å². The van der Waals surface area contributed by atoms with E-state index in [2.05, 4.69) is 14.1 Å². The van der Waals surface area contributed by atoms with Gasteiger partial charge in [0.2, 0.25) is 10.0 Å². The Bertz CT molecular complexity index is 1010. The molecule has 1 aromatic carbocycles. The molecule has 1 saturated heterocycles. The van der Waals surface area contributed by atoms with Gasteiger partial charge in [-0.2, -0.15) is 13.1 Å². The van der Waals surface area contributed by atoms with Crippen LogP contribution in [0.2, 0.25) is 0 Å². The predicted molar refractivity (Wildman–Crippen MR) is 108 cm³/mol. The Hall–Kier alpha value is -2.11. The summed E-state index contributed by atoms with van der Waals surface area (Å²) in [4.78, 5) is 24.6. The van der Waals surface area contributed by atoms with Crippen molar-refractivity contribution >= 4 is 44.7 Å². The molecule has 0 aliphatic carbocycles. The van der Waals surface area contributed by atoms with Crippen molar-refractivity contribution in [3.63, 3.8) is 0 Å². The maximum absolute atomic E-state index is 13.3. The molecule has 29 heavy (non-hydrogen) atoms. The van der Waals surface area contributed by atoms with Crippen molar-refractivity contribution in [2.24, 2.45) is 0 Å². The van der Waals surface area contributed by atoms with Crippen LogP contribution in [0.3, 0.4) is 0 Å². The molecule has 2 aromatic rings.